The van der Waals surface area contributed by atoms with E-state index >= 15 is 0 Å². The van der Waals surface area contributed by atoms with E-state index in [0.717, 1.165) is 11.3 Å². The molecule has 20 heavy (non-hydrogen) atoms. The molecular weight excluding hydrogens is 252 g/mol. The molecule has 0 fully saturated rings. The second-order valence-corrected chi connectivity index (χ2v) is 4.76. The van der Waals surface area contributed by atoms with Crippen LogP contribution in [-0.4, -0.2) is 19.1 Å². The average molecular weight is 266 g/mol. The Hall–Kier alpha value is -2.62. The van der Waals surface area contributed by atoms with Crippen molar-refractivity contribution in [2.24, 2.45) is 0 Å². The number of hydrogen-bond acceptors (Lipinski definition) is 4. The Morgan fingerprint density at radius 3 is 2.50 bits per heavy atom. The van der Waals surface area contributed by atoms with Crippen LogP contribution in [0.3, 0.4) is 0 Å². The van der Waals surface area contributed by atoms with Gasteiger partial charge in [-0.2, -0.15) is 0 Å². The summed E-state index contributed by atoms with van der Waals surface area (Å²) in [6.07, 6.45) is 0. The molecule has 1 aromatic heterocycles. The SMILES string of the molecule is CN(C)c1ccc2nc(-c3ccccc3)c(=O)oc2c1. The van der Waals surface area contributed by atoms with Gasteiger partial charge in [-0.1, -0.05) is 30.3 Å². The first-order valence-corrected chi connectivity index (χ1v) is 6.33. The molecule has 0 atom stereocenters. The van der Waals surface area contributed by atoms with Gasteiger partial charge < -0.3 is 9.32 Å². The van der Waals surface area contributed by atoms with Crippen LogP contribution in [0.1, 0.15) is 0 Å². The molecule has 0 unspecified atom stereocenters. The lowest BCUT2D eigenvalue weighted by atomic mass is 10.1. The Morgan fingerprint density at radius 1 is 1.05 bits per heavy atom. The van der Waals surface area contributed by atoms with Gasteiger partial charge >= 0.3 is 5.63 Å². The van der Waals surface area contributed by atoms with Gasteiger partial charge in [-0.3, -0.25) is 0 Å². The fraction of sp³-hybridized carbons (Fsp3) is 0.125. The molecule has 0 N–H and O–H groups in total. The number of nitrogens with zero attached hydrogens (tertiary/aromatic N) is 2. The number of aromatic nitrogens is 1. The zero-order valence-electron chi connectivity index (χ0n) is 11.3. The molecule has 2 aromatic carbocycles. The zero-order valence-corrected chi connectivity index (χ0v) is 11.3. The topological polar surface area (TPSA) is 46.3 Å². The summed E-state index contributed by atoms with van der Waals surface area (Å²) in [7, 11) is 3.87. The first-order chi connectivity index (χ1) is 9.65. The Kier molecular flexibility index (Phi) is 2.99. The van der Waals surface area contributed by atoms with Crippen molar-refractivity contribution in [1.82, 2.24) is 4.98 Å². The predicted molar refractivity (Wildman–Crippen MR) is 80.0 cm³/mol. The maximum atomic E-state index is 12.1. The fourth-order valence-electron chi connectivity index (χ4n) is 2.05. The lowest BCUT2D eigenvalue weighted by Gasteiger charge is -2.12. The summed E-state index contributed by atoms with van der Waals surface area (Å²) in [5.74, 6) is 0. The number of hydrogen-bond donors (Lipinski definition) is 0. The van der Waals surface area contributed by atoms with Crippen LogP contribution in [0.2, 0.25) is 0 Å². The van der Waals surface area contributed by atoms with Crippen LogP contribution in [0.25, 0.3) is 22.4 Å². The van der Waals surface area contributed by atoms with Crippen LogP contribution >= 0.6 is 0 Å². The highest BCUT2D eigenvalue weighted by Crippen LogP contribution is 2.21. The van der Waals surface area contributed by atoms with Crippen molar-refractivity contribution in [3.05, 3.63) is 59.0 Å². The summed E-state index contributed by atoms with van der Waals surface area (Å²) in [5.41, 5.74) is 2.83. The Morgan fingerprint density at radius 2 is 1.80 bits per heavy atom. The van der Waals surface area contributed by atoms with Crippen molar-refractivity contribution < 1.29 is 4.42 Å². The van der Waals surface area contributed by atoms with E-state index in [2.05, 4.69) is 4.98 Å². The van der Waals surface area contributed by atoms with Crippen LogP contribution in [0.4, 0.5) is 5.69 Å². The molecule has 0 radical (unpaired) electrons. The summed E-state index contributed by atoms with van der Waals surface area (Å²) < 4.78 is 5.39. The predicted octanol–water partition coefficient (Wildman–Crippen LogP) is 2.92. The Bertz CT molecular complexity index is 808. The third-order valence-corrected chi connectivity index (χ3v) is 3.14. The second kappa shape index (κ2) is 4.81. The first-order valence-electron chi connectivity index (χ1n) is 6.33. The highest BCUT2D eigenvalue weighted by atomic mass is 16.4. The molecule has 0 bridgehead atoms. The maximum absolute atomic E-state index is 12.1. The molecule has 0 aliphatic carbocycles. The molecule has 4 heteroatoms. The van der Waals surface area contributed by atoms with Gasteiger partial charge in [-0.25, -0.2) is 9.78 Å². The van der Waals surface area contributed by atoms with E-state index in [9.17, 15) is 4.79 Å². The molecule has 100 valence electrons. The van der Waals surface area contributed by atoms with Crippen molar-refractivity contribution in [3.8, 4) is 11.3 Å². The van der Waals surface area contributed by atoms with Crippen LogP contribution in [0.15, 0.2) is 57.7 Å². The summed E-state index contributed by atoms with van der Waals surface area (Å²) in [4.78, 5) is 18.4. The van der Waals surface area contributed by atoms with E-state index in [1.807, 2.05) is 67.5 Å². The van der Waals surface area contributed by atoms with Gasteiger partial charge in [0.1, 0.15) is 5.52 Å². The lowest BCUT2D eigenvalue weighted by Crippen LogP contribution is -2.09. The first kappa shape index (κ1) is 12.4. The number of rotatable bonds is 2. The van der Waals surface area contributed by atoms with Crippen LogP contribution < -0.4 is 10.5 Å². The minimum absolute atomic E-state index is 0.343. The van der Waals surface area contributed by atoms with Crippen molar-refractivity contribution in [2.75, 3.05) is 19.0 Å². The molecule has 0 aliphatic heterocycles. The van der Waals surface area contributed by atoms with E-state index in [0.29, 0.717) is 16.8 Å². The minimum Gasteiger partial charge on any atom is -0.419 e. The highest BCUT2D eigenvalue weighted by Gasteiger charge is 2.10. The summed E-state index contributed by atoms with van der Waals surface area (Å²) in [6, 6.07) is 15.0. The molecule has 3 aromatic rings. The molecule has 4 nitrogen and oxygen atoms in total. The third kappa shape index (κ3) is 2.16. The van der Waals surface area contributed by atoms with Crippen molar-refractivity contribution in [3.63, 3.8) is 0 Å². The standard InChI is InChI=1S/C16H14N2O2/c1-18(2)12-8-9-13-14(10-12)20-16(19)15(17-13)11-6-4-3-5-7-11/h3-10H,1-2H3. The minimum atomic E-state index is -0.417. The smallest absolute Gasteiger partial charge is 0.363 e. The van der Waals surface area contributed by atoms with Gasteiger partial charge in [-0.05, 0) is 12.1 Å². The van der Waals surface area contributed by atoms with Gasteiger partial charge in [0.2, 0.25) is 0 Å². The van der Waals surface area contributed by atoms with E-state index in [-0.39, 0.29) is 0 Å². The Labute approximate surface area is 116 Å². The van der Waals surface area contributed by atoms with Gasteiger partial charge in [0.15, 0.2) is 11.3 Å². The third-order valence-electron chi connectivity index (χ3n) is 3.14. The normalized spacial score (nSPS) is 10.7. The molecule has 3 rings (SSSR count). The van der Waals surface area contributed by atoms with Crippen LogP contribution in [0.5, 0.6) is 0 Å². The lowest BCUT2D eigenvalue weighted by molar-refractivity contribution is 0.558. The molecule has 0 amide bonds. The average Bonchev–Trinajstić information content (AvgIpc) is 2.46. The van der Waals surface area contributed by atoms with Gasteiger partial charge in [0.05, 0.1) is 0 Å². The molecule has 0 spiro atoms. The molecule has 0 aliphatic rings. The summed E-state index contributed by atoms with van der Waals surface area (Å²) in [6.45, 7) is 0. The number of anilines is 1. The maximum Gasteiger partial charge on any atom is 0.363 e. The molecule has 0 saturated heterocycles. The van der Waals surface area contributed by atoms with E-state index in [1.165, 1.54) is 0 Å². The van der Waals surface area contributed by atoms with Gasteiger partial charge in [0.25, 0.3) is 0 Å². The van der Waals surface area contributed by atoms with E-state index in [1.54, 1.807) is 0 Å². The number of fused-ring (bicyclic) bond motifs is 1. The fourth-order valence-corrected chi connectivity index (χ4v) is 2.05. The zero-order chi connectivity index (χ0) is 14.1. The largest absolute Gasteiger partial charge is 0.419 e. The second-order valence-electron chi connectivity index (χ2n) is 4.76. The van der Waals surface area contributed by atoms with Gasteiger partial charge in [0, 0.05) is 31.4 Å². The van der Waals surface area contributed by atoms with E-state index < -0.39 is 5.63 Å². The van der Waals surface area contributed by atoms with Crippen molar-refractivity contribution in [1.29, 1.82) is 0 Å². The quantitative estimate of drug-likeness (QED) is 0.715. The summed E-state index contributed by atoms with van der Waals surface area (Å²) in [5, 5.41) is 0. The summed E-state index contributed by atoms with van der Waals surface area (Å²) >= 11 is 0. The number of benzene rings is 2. The van der Waals surface area contributed by atoms with Crippen molar-refractivity contribution >= 4 is 16.8 Å². The monoisotopic (exact) mass is 266 g/mol. The van der Waals surface area contributed by atoms with Crippen molar-refractivity contribution in [2.45, 2.75) is 0 Å². The highest BCUT2D eigenvalue weighted by molar-refractivity contribution is 5.78. The van der Waals surface area contributed by atoms with Gasteiger partial charge in [-0.15, -0.1) is 0 Å². The van der Waals surface area contributed by atoms with E-state index in [4.69, 9.17) is 4.42 Å². The molecular formula is C16H14N2O2. The van der Waals surface area contributed by atoms with Crippen LogP contribution in [-0.2, 0) is 0 Å². The molecule has 1 heterocycles. The molecule has 0 saturated carbocycles. The van der Waals surface area contributed by atoms with Crippen LogP contribution in [0, 0.1) is 0 Å². The Balaban J connectivity index is 2.21.